The van der Waals surface area contributed by atoms with Gasteiger partial charge in [0.2, 0.25) is 5.91 Å². The highest BCUT2D eigenvalue weighted by Crippen LogP contribution is 2.23. The lowest BCUT2D eigenvalue weighted by atomic mass is 10.0. The highest BCUT2D eigenvalue weighted by molar-refractivity contribution is 5.78. The molecule has 4 heteroatoms. The van der Waals surface area contributed by atoms with Gasteiger partial charge >= 0.3 is 0 Å². The lowest BCUT2D eigenvalue weighted by Crippen LogP contribution is -2.54. The summed E-state index contributed by atoms with van der Waals surface area (Å²) in [5, 5.41) is 3.26. The summed E-state index contributed by atoms with van der Waals surface area (Å²) in [6.45, 7) is 2.86. The van der Waals surface area contributed by atoms with Crippen LogP contribution in [0.4, 0.5) is 0 Å². The Morgan fingerprint density at radius 2 is 2.50 bits per heavy atom. The first-order valence-electron chi connectivity index (χ1n) is 4.31. The Kier molecular flexibility index (Phi) is 1.81. The molecule has 0 saturated carbocycles. The minimum atomic E-state index is -0.0807. The SMILES string of the molecule is CN1CC2(CCNC2)OCC1=O. The third-order valence-corrected chi connectivity index (χ3v) is 2.66. The van der Waals surface area contributed by atoms with Crippen LogP contribution in [0.3, 0.4) is 0 Å². The summed E-state index contributed by atoms with van der Waals surface area (Å²) >= 11 is 0. The lowest BCUT2D eigenvalue weighted by molar-refractivity contribution is -0.158. The van der Waals surface area contributed by atoms with Crippen LogP contribution in [-0.2, 0) is 9.53 Å². The van der Waals surface area contributed by atoms with Crippen molar-refractivity contribution in [3.8, 4) is 0 Å². The number of nitrogens with zero attached hydrogens (tertiary/aromatic N) is 1. The Morgan fingerprint density at radius 1 is 1.67 bits per heavy atom. The normalized spacial score (nSPS) is 36.4. The quantitative estimate of drug-likeness (QED) is 0.518. The molecule has 0 aromatic rings. The number of carbonyl (C=O) groups is 1. The average molecular weight is 170 g/mol. The molecule has 12 heavy (non-hydrogen) atoms. The van der Waals surface area contributed by atoms with Crippen LogP contribution in [0, 0.1) is 0 Å². The Labute approximate surface area is 71.9 Å². The van der Waals surface area contributed by atoms with Crippen LogP contribution < -0.4 is 5.32 Å². The molecule has 0 aromatic carbocycles. The predicted octanol–water partition coefficient (Wildman–Crippen LogP) is -0.793. The highest BCUT2D eigenvalue weighted by Gasteiger charge is 2.40. The number of nitrogens with one attached hydrogen (secondary N) is 1. The second-order valence-electron chi connectivity index (χ2n) is 3.65. The molecule has 1 amide bonds. The van der Waals surface area contributed by atoms with E-state index < -0.39 is 0 Å². The van der Waals surface area contributed by atoms with Gasteiger partial charge in [-0.15, -0.1) is 0 Å². The molecule has 0 radical (unpaired) electrons. The van der Waals surface area contributed by atoms with E-state index in [1.807, 2.05) is 7.05 Å². The van der Waals surface area contributed by atoms with Crippen LogP contribution in [0.1, 0.15) is 6.42 Å². The van der Waals surface area contributed by atoms with Crippen LogP contribution in [0.5, 0.6) is 0 Å². The summed E-state index contributed by atoms with van der Waals surface area (Å²) < 4.78 is 5.56. The van der Waals surface area contributed by atoms with Crippen molar-refractivity contribution < 1.29 is 9.53 Å². The van der Waals surface area contributed by atoms with Gasteiger partial charge in [-0.25, -0.2) is 0 Å². The Hall–Kier alpha value is -0.610. The smallest absolute Gasteiger partial charge is 0.248 e. The van der Waals surface area contributed by atoms with Crippen molar-refractivity contribution >= 4 is 5.91 Å². The number of morpholine rings is 1. The van der Waals surface area contributed by atoms with E-state index in [1.165, 1.54) is 0 Å². The van der Waals surface area contributed by atoms with Gasteiger partial charge in [0.25, 0.3) is 0 Å². The number of hydrogen-bond donors (Lipinski definition) is 1. The van der Waals surface area contributed by atoms with E-state index in [-0.39, 0.29) is 18.1 Å². The van der Waals surface area contributed by atoms with Gasteiger partial charge in [-0.2, -0.15) is 0 Å². The zero-order valence-electron chi connectivity index (χ0n) is 7.30. The molecule has 0 aromatic heterocycles. The van der Waals surface area contributed by atoms with Crippen molar-refractivity contribution in [1.29, 1.82) is 0 Å². The maximum atomic E-state index is 11.1. The number of carbonyl (C=O) groups excluding carboxylic acids is 1. The van der Waals surface area contributed by atoms with Crippen LogP contribution >= 0.6 is 0 Å². The molecule has 2 heterocycles. The number of ether oxygens (including phenoxy) is 1. The van der Waals surface area contributed by atoms with Crippen LogP contribution in [-0.4, -0.2) is 49.7 Å². The zero-order chi connectivity index (χ0) is 8.60. The van der Waals surface area contributed by atoms with E-state index in [1.54, 1.807) is 4.90 Å². The predicted molar refractivity (Wildman–Crippen MR) is 43.8 cm³/mol. The molecule has 2 aliphatic heterocycles. The first-order chi connectivity index (χ1) is 5.72. The van der Waals surface area contributed by atoms with Crippen molar-refractivity contribution in [2.45, 2.75) is 12.0 Å². The van der Waals surface area contributed by atoms with Crippen molar-refractivity contribution in [2.24, 2.45) is 0 Å². The first kappa shape index (κ1) is 8.01. The Balaban J connectivity index is 2.05. The van der Waals surface area contributed by atoms with Gasteiger partial charge in [-0.1, -0.05) is 0 Å². The van der Waals surface area contributed by atoms with Crippen molar-refractivity contribution in [3.05, 3.63) is 0 Å². The molecule has 0 bridgehead atoms. The number of rotatable bonds is 0. The number of likely N-dealkylation sites (N-methyl/N-ethyl adjacent to an activating group) is 1. The molecule has 2 aliphatic rings. The van der Waals surface area contributed by atoms with Crippen molar-refractivity contribution in [2.75, 3.05) is 33.3 Å². The van der Waals surface area contributed by atoms with Gasteiger partial charge in [-0.3, -0.25) is 4.79 Å². The largest absolute Gasteiger partial charge is 0.362 e. The van der Waals surface area contributed by atoms with Gasteiger partial charge in [0.1, 0.15) is 6.61 Å². The Bertz CT molecular complexity index is 199. The van der Waals surface area contributed by atoms with E-state index in [9.17, 15) is 4.79 Å². The zero-order valence-corrected chi connectivity index (χ0v) is 7.30. The molecule has 2 saturated heterocycles. The van der Waals surface area contributed by atoms with Crippen molar-refractivity contribution in [1.82, 2.24) is 10.2 Å². The monoisotopic (exact) mass is 170 g/mol. The second-order valence-corrected chi connectivity index (χ2v) is 3.65. The van der Waals surface area contributed by atoms with Gasteiger partial charge in [0.05, 0.1) is 12.1 Å². The van der Waals surface area contributed by atoms with E-state index in [2.05, 4.69) is 5.32 Å². The fourth-order valence-electron chi connectivity index (χ4n) is 1.87. The van der Waals surface area contributed by atoms with Crippen LogP contribution in [0.25, 0.3) is 0 Å². The molecular formula is C8H14N2O2. The molecule has 1 N–H and O–H groups in total. The minimum absolute atomic E-state index is 0.0807. The molecule has 1 atom stereocenters. The molecule has 68 valence electrons. The fourth-order valence-corrected chi connectivity index (χ4v) is 1.87. The standard InChI is InChI=1S/C8H14N2O2/c1-10-6-8(2-3-9-5-8)12-4-7(10)11/h9H,2-6H2,1H3. The average Bonchev–Trinajstić information content (AvgIpc) is 2.47. The molecular weight excluding hydrogens is 156 g/mol. The third-order valence-electron chi connectivity index (χ3n) is 2.66. The summed E-state index contributed by atoms with van der Waals surface area (Å²) in [5.74, 6) is 0.0903. The highest BCUT2D eigenvalue weighted by atomic mass is 16.5. The van der Waals surface area contributed by atoms with E-state index in [4.69, 9.17) is 4.74 Å². The molecule has 2 fully saturated rings. The molecule has 1 spiro atoms. The minimum Gasteiger partial charge on any atom is -0.362 e. The van der Waals surface area contributed by atoms with E-state index in [0.717, 1.165) is 26.1 Å². The fraction of sp³-hybridized carbons (Fsp3) is 0.875. The first-order valence-corrected chi connectivity index (χ1v) is 4.31. The molecule has 4 nitrogen and oxygen atoms in total. The Morgan fingerprint density at radius 3 is 3.08 bits per heavy atom. The van der Waals surface area contributed by atoms with Gasteiger partial charge in [0.15, 0.2) is 0 Å². The summed E-state index contributed by atoms with van der Waals surface area (Å²) in [6, 6.07) is 0. The molecule has 2 rings (SSSR count). The third kappa shape index (κ3) is 1.21. The van der Waals surface area contributed by atoms with Crippen LogP contribution in [0.2, 0.25) is 0 Å². The maximum Gasteiger partial charge on any atom is 0.248 e. The summed E-state index contributed by atoms with van der Waals surface area (Å²) in [7, 11) is 1.84. The second kappa shape index (κ2) is 2.71. The summed E-state index contributed by atoms with van der Waals surface area (Å²) in [6.07, 6.45) is 1.02. The van der Waals surface area contributed by atoms with Gasteiger partial charge in [0, 0.05) is 13.6 Å². The van der Waals surface area contributed by atoms with Crippen LogP contribution in [0.15, 0.2) is 0 Å². The molecule has 1 unspecified atom stereocenters. The topological polar surface area (TPSA) is 41.6 Å². The maximum absolute atomic E-state index is 11.1. The number of hydrogen-bond acceptors (Lipinski definition) is 3. The van der Waals surface area contributed by atoms with E-state index >= 15 is 0 Å². The lowest BCUT2D eigenvalue weighted by Gasteiger charge is -2.37. The van der Waals surface area contributed by atoms with E-state index in [0.29, 0.717) is 0 Å². The summed E-state index contributed by atoms with van der Waals surface area (Å²) in [4.78, 5) is 12.9. The van der Waals surface area contributed by atoms with Crippen molar-refractivity contribution in [3.63, 3.8) is 0 Å². The number of amides is 1. The van der Waals surface area contributed by atoms with Gasteiger partial charge in [-0.05, 0) is 13.0 Å². The molecule has 0 aliphatic carbocycles. The summed E-state index contributed by atoms with van der Waals surface area (Å²) in [5.41, 5.74) is -0.0807. The van der Waals surface area contributed by atoms with Gasteiger partial charge < -0.3 is 15.0 Å².